The predicted octanol–water partition coefficient (Wildman–Crippen LogP) is 2.79. The van der Waals surface area contributed by atoms with Crippen LogP contribution in [0.25, 0.3) is 10.8 Å². The molecule has 2 aromatic rings. The largest absolute Gasteiger partial charge is 0.481 e. The van der Waals surface area contributed by atoms with Gasteiger partial charge in [-0.3, -0.25) is 14.4 Å². The highest BCUT2D eigenvalue weighted by Gasteiger charge is 2.31. The number of hydrogen-bond acceptors (Lipinski definition) is 3. The Hall–Kier alpha value is -2.89. The van der Waals surface area contributed by atoms with E-state index in [4.69, 9.17) is 5.11 Å². The van der Waals surface area contributed by atoms with Gasteiger partial charge in [0.1, 0.15) is 0 Å². The van der Waals surface area contributed by atoms with E-state index in [-0.39, 0.29) is 24.3 Å². The molecule has 0 bridgehead atoms. The molecule has 136 valence electrons. The van der Waals surface area contributed by atoms with Crippen LogP contribution in [0.15, 0.2) is 42.5 Å². The van der Waals surface area contributed by atoms with Crippen LogP contribution in [-0.4, -0.2) is 29.4 Å². The van der Waals surface area contributed by atoms with Crippen molar-refractivity contribution in [2.24, 2.45) is 11.8 Å². The maximum atomic E-state index is 12.3. The van der Waals surface area contributed by atoms with Gasteiger partial charge in [0, 0.05) is 17.0 Å². The zero-order chi connectivity index (χ0) is 18.5. The fraction of sp³-hybridized carbons (Fsp3) is 0.350. The molecule has 2 amide bonds. The van der Waals surface area contributed by atoms with Gasteiger partial charge in [0.05, 0.1) is 12.5 Å². The van der Waals surface area contributed by atoms with Crippen LogP contribution in [0.3, 0.4) is 0 Å². The molecule has 2 atom stereocenters. The monoisotopic (exact) mass is 354 g/mol. The van der Waals surface area contributed by atoms with Crippen LogP contribution in [0.5, 0.6) is 0 Å². The van der Waals surface area contributed by atoms with Gasteiger partial charge in [-0.15, -0.1) is 0 Å². The molecule has 0 radical (unpaired) electrons. The molecule has 1 saturated carbocycles. The van der Waals surface area contributed by atoms with Crippen molar-refractivity contribution < 1.29 is 19.5 Å². The molecule has 3 rings (SSSR count). The van der Waals surface area contributed by atoms with Gasteiger partial charge in [0.15, 0.2) is 0 Å². The summed E-state index contributed by atoms with van der Waals surface area (Å²) < 4.78 is 0. The van der Waals surface area contributed by atoms with Gasteiger partial charge in [0.25, 0.3) is 0 Å². The van der Waals surface area contributed by atoms with Crippen molar-refractivity contribution in [3.8, 4) is 0 Å². The molecule has 6 nitrogen and oxygen atoms in total. The number of hydrogen-bond donors (Lipinski definition) is 3. The smallest absolute Gasteiger partial charge is 0.306 e. The molecular weight excluding hydrogens is 332 g/mol. The van der Waals surface area contributed by atoms with E-state index in [0.29, 0.717) is 24.9 Å². The van der Waals surface area contributed by atoms with E-state index in [2.05, 4.69) is 10.6 Å². The van der Waals surface area contributed by atoms with Crippen molar-refractivity contribution >= 4 is 34.2 Å². The molecule has 0 spiro atoms. The lowest BCUT2D eigenvalue weighted by Crippen LogP contribution is -2.39. The molecule has 0 aromatic heterocycles. The summed E-state index contributed by atoms with van der Waals surface area (Å²) in [5, 5.41) is 16.5. The number of aliphatic carboxylic acids is 1. The normalized spacial score (nSPS) is 19.7. The van der Waals surface area contributed by atoms with Crippen molar-refractivity contribution in [2.45, 2.75) is 25.7 Å². The second-order valence-corrected chi connectivity index (χ2v) is 6.69. The van der Waals surface area contributed by atoms with Crippen molar-refractivity contribution in [3.05, 3.63) is 42.5 Å². The van der Waals surface area contributed by atoms with Gasteiger partial charge >= 0.3 is 5.97 Å². The van der Waals surface area contributed by atoms with Crippen LogP contribution in [0.2, 0.25) is 0 Å². The highest BCUT2D eigenvalue weighted by molar-refractivity contribution is 6.03. The van der Waals surface area contributed by atoms with E-state index < -0.39 is 11.9 Å². The van der Waals surface area contributed by atoms with E-state index in [9.17, 15) is 14.4 Å². The van der Waals surface area contributed by atoms with Gasteiger partial charge in [-0.25, -0.2) is 0 Å². The van der Waals surface area contributed by atoms with Crippen molar-refractivity contribution in [1.82, 2.24) is 5.32 Å². The maximum Gasteiger partial charge on any atom is 0.306 e. The summed E-state index contributed by atoms with van der Waals surface area (Å²) in [5.41, 5.74) is 0.700. The van der Waals surface area contributed by atoms with Crippen molar-refractivity contribution in [1.29, 1.82) is 0 Å². The number of nitrogens with one attached hydrogen (secondary N) is 2. The Bertz CT molecular complexity index is 828. The van der Waals surface area contributed by atoms with Gasteiger partial charge < -0.3 is 15.7 Å². The van der Waals surface area contributed by atoms with Crippen LogP contribution in [0.1, 0.15) is 25.7 Å². The molecular formula is C20H22N2O4. The molecule has 0 aliphatic heterocycles. The molecule has 1 aliphatic carbocycles. The SMILES string of the molecule is O=C(CNC(=O)C1CCCC(C(=O)O)C1)Nc1cccc2ccccc12. The number of carboxylic acid groups (broad SMARTS) is 1. The lowest BCUT2D eigenvalue weighted by molar-refractivity contribution is -0.144. The molecule has 1 fully saturated rings. The van der Waals surface area contributed by atoms with Crippen LogP contribution >= 0.6 is 0 Å². The van der Waals surface area contributed by atoms with E-state index in [0.717, 1.165) is 17.2 Å². The van der Waals surface area contributed by atoms with Crippen LogP contribution in [-0.2, 0) is 14.4 Å². The van der Waals surface area contributed by atoms with Gasteiger partial charge in [-0.1, -0.05) is 42.8 Å². The maximum absolute atomic E-state index is 12.3. The number of benzene rings is 2. The number of carbonyl (C=O) groups excluding carboxylic acids is 2. The molecule has 0 saturated heterocycles. The quantitative estimate of drug-likeness (QED) is 0.769. The minimum absolute atomic E-state index is 0.129. The summed E-state index contributed by atoms with van der Waals surface area (Å²) in [6.07, 6.45) is 2.34. The molecule has 6 heteroatoms. The fourth-order valence-corrected chi connectivity index (χ4v) is 3.49. The first-order valence-electron chi connectivity index (χ1n) is 8.82. The van der Waals surface area contributed by atoms with Crippen LogP contribution in [0, 0.1) is 11.8 Å². The molecule has 1 aliphatic rings. The number of carbonyl (C=O) groups is 3. The van der Waals surface area contributed by atoms with E-state index in [1.807, 2.05) is 42.5 Å². The van der Waals surface area contributed by atoms with Crippen LogP contribution in [0.4, 0.5) is 5.69 Å². The Labute approximate surface area is 151 Å². The Morgan fingerprint density at radius 1 is 1.00 bits per heavy atom. The highest BCUT2D eigenvalue weighted by atomic mass is 16.4. The number of amides is 2. The average Bonchev–Trinajstić information content (AvgIpc) is 2.66. The third-order valence-corrected chi connectivity index (χ3v) is 4.88. The number of carboxylic acids is 1. The highest BCUT2D eigenvalue weighted by Crippen LogP contribution is 2.29. The number of rotatable bonds is 5. The lowest BCUT2D eigenvalue weighted by atomic mass is 9.81. The molecule has 0 heterocycles. The molecule has 26 heavy (non-hydrogen) atoms. The topological polar surface area (TPSA) is 95.5 Å². The third-order valence-electron chi connectivity index (χ3n) is 4.88. The van der Waals surface area contributed by atoms with Crippen molar-refractivity contribution in [3.63, 3.8) is 0 Å². The summed E-state index contributed by atoms with van der Waals surface area (Å²) >= 11 is 0. The van der Waals surface area contributed by atoms with E-state index in [1.165, 1.54) is 0 Å². The van der Waals surface area contributed by atoms with E-state index >= 15 is 0 Å². The summed E-state index contributed by atoms with van der Waals surface area (Å²) in [6.45, 7) is -0.129. The van der Waals surface area contributed by atoms with E-state index in [1.54, 1.807) is 0 Å². The molecule has 2 unspecified atom stereocenters. The molecule has 3 N–H and O–H groups in total. The average molecular weight is 354 g/mol. The Balaban J connectivity index is 1.55. The second-order valence-electron chi connectivity index (χ2n) is 6.69. The predicted molar refractivity (Wildman–Crippen MR) is 98.7 cm³/mol. The first-order chi connectivity index (χ1) is 12.5. The minimum Gasteiger partial charge on any atom is -0.481 e. The Morgan fingerprint density at radius 3 is 2.54 bits per heavy atom. The summed E-state index contributed by atoms with van der Waals surface area (Å²) in [5.74, 6) is -2.21. The summed E-state index contributed by atoms with van der Waals surface area (Å²) in [6, 6.07) is 13.4. The third kappa shape index (κ3) is 4.20. The first-order valence-corrected chi connectivity index (χ1v) is 8.82. The van der Waals surface area contributed by atoms with Crippen molar-refractivity contribution in [2.75, 3.05) is 11.9 Å². The number of fused-ring (bicyclic) bond motifs is 1. The van der Waals surface area contributed by atoms with Gasteiger partial charge in [0.2, 0.25) is 11.8 Å². The first kappa shape index (κ1) is 17.9. The standard InChI is InChI=1S/C20H22N2O4/c23-18(22-17-10-4-6-13-5-1-2-9-16(13)17)12-21-19(24)14-7-3-8-15(11-14)20(25)26/h1-2,4-6,9-10,14-15H,3,7-8,11-12H2,(H,21,24)(H,22,23)(H,25,26). The summed E-state index contributed by atoms with van der Waals surface area (Å²) in [4.78, 5) is 35.6. The Morgan fingerprint density at radius 2 is 1.73 bits per heavy atom. The second kappa shape index (κ2) is 7.99. The number of anilines is 1. The van der Waals surface area contributed by atoms with Crippen LogP contribution < -0.4 is 10.6 Å². The fourth-order valence-electron chi connectivity index (χ4n) is 3.49. The zero-order valence-electron chi connectivity index (χ0n) is 14.4. The summed E-state index contributed by atoms with van der Waals surface area (Å²) in [7, 11) is 0. The zero-order valence-corrected chi connectivity index (χ0v) is 14.4. The van der Waals surface area contributed by atoms with Gasteiger partial charge in [-0.2, -0.15) is 0 Å². The molecule has 2 aromatic carbocycles. The minimum atomic E-state index is -0.851. The Kier molecular flexibility index (Phi) is 5.51. The lowest BCUT2D eigenvalue weighted by Gasteiger charge is -2.25. The van der Waals surface area contributed by atoms with Gasteiger partial charge in [-0.05, 0) is 30.7 Å².